The van der Waals surface area contributed by atoms with Gasteiger partial charge in [0.15, 0.2) is 15.0 Å². The summed E-state index contributed by atoms with van der Waals surface area (Å²) in [6.07, 6.45) is 3.01. The van der Waals surface area contributed by atoms with Crippen LogP contribution in [0.5, 0.6) is 0 Å². The third kappa shape index (κ3) is 4.73. The lowest BCUT2D eigenvalue weighted by Crippen LogP contribution is -2.37. The molecular weight excluding hydrogens is 434 g/mol. The van der Waals surface area contributed by atoms with Crippen LogP contribution < -0.4 is 9.80 Å². The molecule has 4 rings (SSSR count). The lowest BCUT2D eigenvalue weighted by molar-refractivity contribution is 0.0917. The molecule has 1 aliphatic heterocycles. The number of rotatable bonds is 6. The number of nitrogens with zero attached hydrogens (tertiary/aromatic N) is 3. The van der Waals surface area contributed by atoms with E-state index in [-0.39, 0.29) is 16.9 Å². The molecule has 1 unspecified atom stereocenters. The van der Waals surface area contributed by atoms with Crippen LogP contribution >= 0.6 is 11.3 Å². The van der Waals surface area contributed by atoms with Crippen LogP contribution in [0.15, 0.2) is 47.4 Å². The first-order chi connectivity index (χ1) is 14.7. The van der Waals surface area contributed by atoms with E-state index in [0.29, 0.717) is 29.4 Å². The fraction of sp³-hybridized carbons (Fsp3) is 0.364. The molecule has 2 aromatic carbocycles. The zero-order valence-electron chi connectivity index (χ0n) is 17.7. The lowest BCUT2D eigenvalue weighted by atomic mass is 10.1. The van der Waals surface area contributed by atoms with E-state index in [1.165, 1.54) is 17.6 Å². The van der Waals surface area contributed by atoms with Crippen LogP contribution in [0.2, 0.25) is 0 Å². The van der Waals surface area contributed by atoms with Crippen molar-refractivity contribution in [1.82, 2.24) is 4.98 Å². The zero-order chi connectivity index (χ0) is 22.2. The van der Waals surface area contributed by atoms with Crippen LogP contribution in [-0.4, -0.2) is 58.9 Å². The average Bonchev–Trinajstić information content (AvgIpc) is 3.39. The lowest BCUT2D eigenvalue weighted by Gasteiger charge is -2.23. The Hall–Kier alpha value is -2.49. The van der Waals surface area contributed by atoms with Gasteiger partial charge in [0.2, 0.25) is 0 Å². The first kappa shape index (κ1) is 21.7. The van der Waals surface area contributed by atoms with Crippen LogP contribution in [0, 0.1) is 0 Å². The van der Waals surface area contributed by atoms with E-state index in [0.717, 1.165) is 23.2 Å². The van der Waals surface area contributed by atoms with Crippen LogP contribution in [0.25, 0.3) is 10.2 Å². The Labute approximate surface area is 186 Å². The monoisotopic (exact) mass is 459 g/mol. The van der Waals surface area contributed by atoms with Gasteiger partial charge in [-0.25, -0.2) is 13.4 Å². The van der Waals surface area contributed by atoms with Gasteiger partial charge in [-0.05, 0) is 55.3 Å². The smallest absolute Gasteiger partial charge is 0.260 e. The van der Waals surface area contributed by atoms with Crippen LogP contribution in [0.1, 0.15) is 23.2 Å². The van der Waals surface area contributed by atoms with Crippen molar-refractivity contribution in [1.29, 1.82) is 0 Å². The van der Waals surface area contributed by atoms with Crippen molar-refractivity contribution >= 4 is 48.1 Å². The summed E-state index contributed by atoms with van der Waals surface area (Å²) in [5.74, 6) is -0.150. The van der Waals surface area contributed by atoms with Gasteiger partial charge >= 0.3 is 0 Å². The molecule has 0 spiro atoms. The molecule has 31 heavy (non-hydrogen) atoms. The van der Waals surface area contributed by atoms with E-state index in [4.69, 9.17) is 4.74 Å². The summed E-state index contributed by atoms with van der Waals surface area (Å²) >= 11 is 1.32. The molecule has 7 nitrogen and oxygen atoms in total. The van der Waals surface area contributed by atoms with E-state index >= 15 is 0 Å². The molecule has 0 bridgehead atoms. The molecule has 3 aromatic rings. The average molecular weight is 460 g/mol. The van der Waals surface area contributed by atoms with E-state index < -0.39 is 9.84 Å². The van der Waals surface area contributed by atoms with Crippen molar-refractivity contribution in [2.75, 3.05) is 43.3 Å². The molecule has 1 aliphatic rings. The Morgan fingerprint density at radius 1 is 1.19 bits per heavy atom. The van der Waals surface area contributed by atoms with Crippen molar-refractivity contribution in [3.63, 3.8) is 0 Å². The first-order valence-corrected chi connectivity index (χ1v) is 12.7. The molecule has 2 heterocycles. The molecule has 0 aliphatic carbocycles. The van der Waals surface area contributed by atoms with Crippen LogP contribution in [0.4, 0.5) is 10.8 Å². The predicted molar refractivity (Wildman–Crippen MR) is 124 cm³/mol. The summed E-state index contributed by atoms with van der Waals surface area (Å²) in [7, 11) is 0.582. The van der Waals surface area contributed by atoms with E-state index in [9.17, 15) is 13.2 Å². The fourth-order valence-electron chi connectivity index (χ4n) is 3.54. The molecule has 1 atom stereocenters. The van der Waals surface area contributed by atoms with Gasteiger partial charge < -0.3 is 9.64 Å². The molecule has 0 saturated carbocycles. The van der Waals surface area contributed by atoms with Gasteiger partial charge in [-0.15, -0.1) is 0 Å². The maximum absolute atomic E-state index is 13.4. The molecule has 164 valence electrons. The predicted octanol–water partition coefficient (Wildman–Crippen LogP) is 3.59. The molecule has 1 saturated heterocycles. The largest absolute Gasteiger partial charge is 0.378 e. The number of hydrogen-bond donors (Lipinski definition) is 0. The molecule has 9 heteroatoms. The summed E-state index contributed by atoms with van der Waals surface area (Å²) in [4.78, 5) is 22.0. The third-order valence-electron chi connectivity index (χ3n) is 5.29. The van der Waals surface area contributed by atoms with Crippen LogP contribution in [0.3, 0.4) is 0 Å². The number of anilines is 2. The Morgan fingerprint density at radius 2 is 1.94 bits per heavy atom. The van der Waals surface area contributed by atoms with E-state index in [2.05, 4.69) is 4.98 Å². The SMILES string of the molecule is CN(C)c1ccc(C(=O)N(CC2CCCO2)c2nc3ccc(S(C)(=O)=O)cc3s2)cc1. The van der Waals surface area contributed by atoms with Crippen molar-refractivity contribution in [2.45, 2.75) is 23.8 Å². The van der Waals surface area contributed by atoms with Gasteiger partial charge in [-0.1, -0.05) is 11.3 Å². The minimum Gasteiger partial charge on any atom is -0.378 e. The number of benzene rings is 2. The number of fused-ring (bicyclic) bond motifs is 1. The molecular formula is C22H25N3O4S2. The van der Waals surface area contributed by atoms with Gasteiger partial charge in [0.05, 0.1) is 27.8 Å². The minimum absolute atomic E-state index is 0.0383. The van der Waals surface area contributed by atoms with E-state index in [1.54, 1.807) is 23.1 Å². The topological polar surface area (TPSA) is 79.8 Å². The quantitative estimate of drug-likeness (QED) is 0.560. The molecule has 0 radical (unpaired) electrons. The van der Waals surface area contributed by atoms with Gasteiger partial charge in [-0.2, -0.15) is 0 Å². The van der Waals surface area contributed by atoms with Crippen molar-refractivity contribution in [3.8, 4) is 0 Å². The molecule has 0 N–H and O–H groups in total. The van der Waals surface area contributed by atoms with Crippen LogP contribution in [-0.2, 0) is 14.6 Å². The standard InChI is InChI=1S/C22H25N3O4S2/c1-24(2)16-8-6-15(7-9-16)21(26)25(14-17-5-4-12-29-17)22-23-19-11-10-18(31(3,27)28)13-20(19)30-22/h6-11,13,17H,4-5,12,14H2,1-3H3. The zero-order valence-corrected chi connectivity index (χ0v) is 19.4. The number of carbonyl (C=O) groups is 1. The summed E-state index contributed by atoms with van der Waals surface area (Å²) in [6.45, 7) is 1.11. The van der Waals surface area contributed by atoms with Gasteiger partial charge in [-0.3, -0.25) is 9.69 Å². The number of thiazole rings is 1. The highest BCUT2D eigenvalue weighted by molar-refractivity contribution is 7.90. The Morgan fingerprint density at radius 3 is 2.55 bits per heavy atom. The summed E-state index contributed by atoms with van der Waals surface area (Å²) in [5.41, 5.74) is 2.25. The van der Waals surface area contributed by atoms with E-state index in [1.807, 2.05) is 43.3 Å². The highest BCUT2D eigenvalue weighted by Gasteiger charge is 2.27. The van der Waals surface area contributed by atoms with Crippen molar-refractivity contribution in [2.24, 2.45) is 0 Å². The summed E-state index contributed by atoms with van der Waals surface area (Å²) in [6, 6.07) is 12.3. The van der Waals surface area contributed by atoms with Gasteiger partial charge in [0.1, 0.15) is 0 Å². The Bertz CT molecular complexity index is 1200. The highest BCUT2D eigenvalue weighted by atomic mass is 32.2. The van der Waals surface area contributed by atoms with Gasteiger partial charge in [0.25, 0.3) is 5.91 Å². The molecule has 1 aromatic heterocycles. The van der Waals surface area contributed by atoms with Crippen molar-refractivity contribution in [3.05, 3.63) is 48.0 Å². The number of aromatic nitrogens is 1. The summed E-state index contributed by atoms with van der Waals surface area (Å²) in [5, 5.41) is 0.540. The maximum Gasteiger partial charge on any atom is 0.260 e. The second-order valence-corrected chi connectivity index (χ2v) is 10.9. The second kappa shape index (κ2) is 8.57. The van der Waals surface area contributed by atoms with Crippen molar-refractivity contribution < 1.29 is 17.9 Å². The first-order valence-electron chi connectivity index (χ1n) is 10.0. The second-order valence-electron chi connectivity index (χ2n) is 7.89. The van der Waals surface area contributed by atoms with Gasteiger partial charge in [0, 0.05) is 38.2 Å². The third-order valence-corrected chi connectivity index (χ3v) is 7.45. The Kier molecular flexibility index (Phi) is 6.00. The normalized spacial score (nSPS) is 16.5. The minimum atomic E-state index is -3.32. The highest BCUT2D eigenvalue weighted by Crippen LogP contribution is 2.32. The number of amides is 1. The maximum atomic E-state index is 13.4. The molecule has 1 amide bonds. The number of sulfone groups is 1. The summed E-state index contributed by atoms with van der Waals surface area (Å²) < 4.78 is 30.3. The number of ether oxygens (including phenoxy) is 1. The fourth-order valence-corrected chi connectivity index (χ4v) is 5.27. The number of hydrogen-bond acceptors (Lipinski definition) is 7. The Balaban J connectivity index is 1.71. The number of carbonyl (C=O) groups excluding carboxylic acids is 1. The molecule has 1 fully saturated rings.